The average molecular weight is 345 g/mol. The Hall–Kier alpha value is -2.67. The first-order valence-corrected chi connectivity index (χ1v) is 8.18. The quantitative estimate of drug-likeness (QED) is 0.701. The molecule has 0 saturated heterocycles. The van der Waals surface area contributed by atoms with Gasteiger partial charge in [-0.2, -0.15) is 0 Å². The Labute approximate surface area is 144 Å². The van der Waals surface area contributed by atoms with Gasteiger partial charge in [-0.05, 0) is 30.7 Å². The molecule has 3 N–H and O–H groups in total. The van der Waals surface area contributed by atoms with Crippen LogP contribution in [0.15, 0.2) is 47.1 Å². The summed E-state index contributed by atoms with van der Waals surface area (Å²) < 4.78 is 18.3. The molecule has 1 aromatic carbocycles. The number of nitrogens with one attached hydrogen (secondary N) is 2. The molecule has 0 aliphatic heterocycles. The van der Waals surface area contributed by atoms with E-state index >= 15 is 0 Å². The first kappa shape index (κ1) is 17.2. The molecular weight excluding hydrogens is 325 g/mol. The van der Waals surface area contributed by atoms with E-state index in [1.165, 1.54) is 18.4 Å². The molecule has 25 heavy (non-hydrogen) atoms. The number of rotatable bonds is 6. The number of aliphatic hydroxyl groups is 1. The van der Waals surface area contributed by atoms with Gasteiger partial charge in [-0.15, -0.1) is 0 Å². The SMILES string of the molecule is O=C(NCCc1coc(-c2ccc(F)cc2)n1)N[C@@H]1C=C[C@H](CO)C1. The Kier molecular flexibility index (Phi) is 5.45. The number of oxazole rings is 1. The molecule has 3 rings (SSSR count). The van der Waals surface area contributed by atoms with Crippen molar-refractivity contribution in [1.82, 2.24) is 15.6 Å². The third kappa shape index (κ3) is 4.67. The lowest BCUT2D eigenvalue weighted by atomic mass is 10.1. The number of halogens is 1. The van der Waals surface area contributed by atoms with Gasteiger partial charge in [0.25, 0.3) is 0 Å². The summed E-state index contributed by atoms with van der Waals surface area (Å²) in [7, 11) is 0. The molecule has 0 fully saturated rings. The standard InChI is InChI=1S/C18H20FN3O3/c19-14-4-2-13(3-5-14)17-21-16(11-25-17)7-8-20-18(24)22-15-6-1-12(9-15)10-23/h1-6,11-12,15,23H,7-10H2,(H2,20,22,24)/t12-,15+/m0/s1. The number of urea groups is 1. The largest absolute Gasteiger partial charge is 0.444 e. The van der Waals surface area contributed by atoms with Crippen LogP contribution in [0.1, 0.15) is 12.1 Å². The zero-order chi connectivity index (χ0) is 17.6. The van der Waals surface area contributed by atoms with Crippen molar-refractivity contribution in [3.63, 3.8) is 0 Å². The highest BCUT2D eigenvalue weighted by molar-refractivity contribution is 5.74. The van der Waals surface area contributed by atoms with Crippen molar-refractivity contribution in [2.24, 2.45) is 5.92 Å². The van der Waals surface area contributed by atoms with Crippen LogP contribution in [0.4, 0.5) is 9.18 Å². The molecule has 0 unspecified atom stereocenters. The Morgan fingerprint density at radius 1 is 1.32 bits per heavy atom. The minimum Gasteiger partial charge on any atom is -0.444 e. The smallest absolute Gasteiger partial charge is 0.315 e. The third-order valence-corrected chi connectivity index (χ3v) is 4.03. The number of carbonyl (C=O) groups excluding carboxylic acids is 1. The number of hydrogen-bond acceptors (Lipinski definition) is 4. The fraction of sp³-hybridized carbons (Fsp3) is 0.333. The monoisotopic (exact) mass is 345 g/mol. The van der Waals surface area contributed by atoms with Gasteiger partial charge in [-0.25, -0.2) is 14.2 Å². The Balaban J connectivity index is 1.43. The first-order valence-electron chi connectivity index (χ1n) is 8.18. The van der Waals surface area contributed by atoms with Crippen LogP contribution in [-0.4, -0.2) is 35.3 Å². The number of amides is 2. The molecular formula is C18H20FN3O3. The van der Waals surface area contributed by atoms with E-state index in [-0.39, 0.29) is 30.4 Å². The molecule has 6 nitrogen and oxygen atoms in total. The van der Waals surface area contributed by atoms with Gasteiger partial charge in [0, 0.05) is 37.1 Å². The molecule has 7 heteroatoms. The van der Waals surface area contributed by atoms with Crippen molar-refractivity contribution in [1.29, 1.82) is 0 Å². The summed E-state index contributed by atoms with van der Waals surface area (Å²) in [5.41, 5.74) is 1.41. The molecule has 1 aliphatic rings. The van der Waals surface area contributed by atoms with Crippen LogP contribution in [0.25, 0.3) is 11.5 Å². The maximum absolute atomic E-state index is 12.9. The number of aromatic nitrogens is 1. The Bertz CT molecular complexity index is 742. The third-order valence-electron chi connectivity index (χ3n) is 4.03. The van der Waals surface area contributed by atoms with Crippen LogP contribution in [-0.2, 0) is 6.42 Å². The normalized spacial score (nSPS) is 19.1. The van der Waals surface area contributed by atoms with Crippen LogP contribution >= 0.6 is 0 Å². The van der Waals surface area contributed by atoms with E-state index in [9.17, 15) is 9.18 Å². The van der Waals surface area contributed by atoms with E-state index < -0.39 is 0 Å². The highest BCUT2D eigenvalue weighted by Crippen LogP contribution is 2.19. The lowest BCUT2D eigenvalue weighted by molar-refractivity contribution is 0.231. The van der Waals surface area contributed by atoms with Gasteiger partial charge in [0.15, 0.2) is 0 Å². The lowest BCUT2D eigenvalue weighted by Crippen LogP contribution is -2.41. The Morgan fingerprint density at radius 3 is 2.84 bits per heavy atom. The second-order valence-electron chi connectivity index (χ2n) is 5.97. The van der Waals surface area contributed by atoms with Crippen LogP contribution in [0.3, 0.4) is 0 Å². The van der Waals surface area contributed by atoms with Crippen molar-refractivity contribution in [3.8, 4) is 11.5 Å². The number of carbonyl (C=O) groups is 1. The molecule has 0 bridgehead atoms. The number of hydrogen-bond donors (Lipinski definition) is 3. The fourth-order valence-electron chi connectivity index (χ4n) is 2.69. The van der Waals surface area contributed by atoms with Crippen LogP contribution in [0.5, 0.6) is 0 Å². The number of benzene rings is 1. The predicted molar refractivity (Wildman–Crippen MR) is 90.3 cm³/mol. The molecule has 1 aliphatic carbocycles. The van der Waals surface area contributed by atoms with Crippen molar-refractivity contribution >= 4 is 6.03 Å². The minimum atomic E-state index is -0.312. The van der Waals surface area contributed by atoms with Crippen LogP contribution in [0.2, 0.25) is 0 Å². The molecule has 0 spiro atoms. The second kappa shape index (κ2) is 7.94. The zero-order valence-electron chi connectivity index (χ0n) is 13.6. The minimum absolute atomic E-state index is 0.0470. The van der Waals surface area contributed by atoms with Gasteiger partial charge in [0.1, 0.15) is 12.1 Å². The van der Waals surface area contributed by atoms with E-state index in [0.717, 1.165) is 0 Å². The molecule has 1 aromatic heterocycles. The van der Waals surface area contributed by atoms with Gasteiger partial charge >= 0.3 is 6.03 Å². The van der Waals surface area contributed by atoms with Gasteiger partial charge < -0.3 is 20.2 Å². The predicted octanol–water partition coefficient (Wildman–Crippen LogP) is 2.26. The zero-order valence-corrected chi connectivity index (χ0v) is 13.6. The summed E-state index contributed by atoms with van der Waals surface area (Å²) in [6, 6.07) is 5.61. The Morgan fingerprint density at radius 2 is 2.12 bits per heavy atom. The van der Waals surface area contributed by atoms with Crippen molar-refractivity contribution in [3.05, 3.63) is 54.2 Å². The molecule has 0 radical (unpaired) electrons. The highest BCUT2D eigenvalue weighted by atomic mass is 19.1. The summed E-state index contributed by atoms with van der Waals surface area (Å²) in [6.07, 6.45) is 6.58. The van der Waals surface area contributed by atoms with Gasteiger partial charge in [-0.1, -0.05) is 12.2 Å². The molecule has 2 aromatic rings. The molecule has 1 heterocycles. The topological polar surface area (TPSA) is 87.4 Å². The number of nitrogens with zero attached hydrogens (tertiary/aromatic N) is 1. The summed E-state index contributed by atoms with van der Waals surface area (Å²) in [6.45, 7) is 0.514. The fourth-order valence-corrected chi connectivity index (χ4v) is 2.69. The van der Waals surface area contributed by atoms with Gasteiger partial charge in [-0.3, -0.25) is 0 Å². The van der Waals surface area contributed by atoms with Crippen molar-refractivity contribution in [2.75, 3.05) is 13.2 Å². The van der Waals surface area contributed by atoms with Crippen LogP contribution in [0, 0.1) is 11.7 Å². The van der Waals surface area contributed by atoms with Crippen LogP contribution < -0.4 is 10.6 Å². The highest BCUT2D eigenvalue weighted by Gasteiger charge is 2.19. The molecule has 2 amide bonds. The lowest BCUT2D eigenvalue weighted by Gasteiger charge is -2.13. The van der Waals surface area contributed by atoms with E-state index in [4.69, 9.17) is 9.52 Å². The van der Waals surface area contributed by atoms with E-state index in [1.807, 2.05) is 12.2 Å². The molecule has 132 valence electrons. The van der Waals surface area contributed by atoms with Crippen molar-refractivity contribution < 1.29 is 18.7 Å². The van der Waals surface area contributed by atoms with E-state index in [0.29, 0.717) is 36.5 Å². The maximum Gasteiger partial charge on any atom is 0.315 e. The average Bonchev–Trinajstić information content (AvgIpc) is 3.25. The molecule has 2 atom stereocenters. The summed E-state index contributed by atoms with van der Waals surface area (Å²) in [5, 5.41) is 14.7. The molecule has 0 saturated carbocycles. The van der Waals surface area contributed by atoms with Gasteiger partial charge in [0.2, 0.25) is 5.89 Å². The maximum atomic E-state index is 12.9. The first-order chi connectivity index (χ1) is 12.1. The van der Waals surface area contributed by atoms with E-state index in [2.05, 4.69) is 15.6 Å². The van der Waals surface area contributed by atoms with Gasteiger partial charge in [0.05, 0.1) is 5.69 Å². The second-order valence-corrected chi connectivity index (χ2v) is 5.97. The summed E-state index contributed by atoms with van der Waals surface area (Å²) >= 11 is 0. The summed E-state index contributed by atoms with van der Waals surface area (Å²) in [5.74, 6) is 0.226. The van der Waals surface area contributed by atoms with E-state index in [1.54, 1.807) is 12.1 Å². The van der Waals surface area contributed by atoms with Crippen molar-refractivity contribution in [2.45, 2.75) is 18.9 Å². The number of aliphatic hydroxyl groups excluding tert-OH is 1. The summed E-state index contributed by atoms with van der Waals surface area (Å²) in [4.78, 5) is 16.2.